The van der Waals surface area contributed by atoms with Crippen molar-refractivity contribution >= 4 is 29.9 Å². The normalized spacial score (nSPS) is 18.5. The lowest BCUT2D eigenvalue weighted by molar-refractivity contribution is -0.117. The molecule has 1 heterocycles. The van der Waals surface area contributed by atoms with E-state index in [4.69, 9.17) is 5.26 Å². The van der Waals surface area contributed by atoms with Gasteiger partial charge in [0, 0.05) is 24.8 Å². The molecule has 0 aromatic heterocycles. The number of anilines is 2. The average molecular weight is 275 g/mol. The van der Waals surface area contributed by atoms with Gasteiger partial charge in [0.1, 0.15) is 0 Å². The van der Waals surface area contributed by atoms with Crippen LogP contribution in [0.1, 0.15) is 25.3 Å². The summed E-state index contributed by atoms with van der Waals surface area (Å²) in [6.45, 7) is 3.52. The molecule has 1 aromatic rings. The van der Waals surface area contributed by atoms with Gasteiger partial charge in [-0.15, -0.1) is 0 Å². The van der Waals surface area contributed by atoms with Crippen molar-refractivity contribution in [3.05, 3.63) is 23.8 Å². The monoisotopic (exact) mass is 275 g/mol. The fourth-order valence-corrected chi connectivity index (χ4v) is 2.47. The SMILES string of the molecule is CCCNc1ccc(C#N)cc1N1CC(S)CC1=O. The first-order valence-electron chi connectivity index (χ1n) is 6.42. The van der Waals surface area contributed by atoms with Gasteiger partial charge in [0.15, 0.2) is 0 Å². The van der Waals surface area contributed by atoms with E-state index in [-0.39, 0.29) is 11.2 Å². The van der Waals surface area contributed by atoms with E-state index >= 15 is 0 Å². The van der Waals surface area contributed by atoms with Crippen LogP contribution in [0.5, 0.6) is 0 Å². The highest BCUT2D eigenvalue weighted by Crippen LogP contribution is 2.31. The van der Waals surface area contributed by atoms with E-state index in [0.29, 0.717) is 18.5 Å². The number of nitriles is 1. The Morgan fingerprint density at radius 1 is 1.58 bits per heavy atom. The van der Waals surface area contributed by atoms with Crippen molar-refractivity contribution in [1.82, 2.24) is 0 Å². The Morgan fingerprint density at radius 2 is 2.37 bits per heavy atom. The first kappa shape index (κ1) is 13.8. The molecule has 1 N–H and O–H groups in total. The summed E-state index contributed by atoms with van der Waals surface area (Å²) in [5, 5.41) is 12.4. The van der Waals surface area contributed by atoms with E-state index < -0.39 is 0 Å². The number of thiol groups is 1. The molecule has 19 heavy (non-hydrogen) atoms. The molecule has 0 radical (unpaired) electrons. The van der Waals surface area contributed by atoms with Crippen LogP contribution in [0, 0.1) is 11.3 Å². The highest BCUT2D eigenvalue weighted by atomic mass is 32.1. The fourth-order valence-electron chi connectivity index (χ4n) is 2.16. The third-order valence-corrected chi connectivity index (χ3v) is 3.43. The first-order valence-corrected chi connectivity index (χ1v) is 6.93. The van der Waals surface area contributed by atoms with E-state index in [1.165, 1.54) is 0 Å². The minimum Gasteiger partial charge on any atom is -0.383 e. The van der Waals surface area contributed by atoms with Gasteiger partial charge in [-0.25, -0.2) is 0 Å². The highest BCUT2D eigenvalue weighted by Gasteiger charge is 2.29. The maximum absolute atomic E-state index is 12.0. The molecule has 1 aromatic carbocycles. The highest BCUT2D eigenvalue weighted by molar-refractivity contribution is 7.81. The maximum atomic E-state index is 12.0. The standard InChI is InChI=1S/C14H17N3OS/c1-2-5-16-12-4-3-10(8-15)6-13(12)17-9-11(19)7-14(17)18/h3-4,6,11,16,19H,2,5,7,9H2,1H3. The number of hydrogen-bond acceptors (Lipinski definition) is 4. The van der Waals surface area contributed by atoms with Gasteiger partial charge in [0.05, 0.1) is 23.0 Å². The van der Waals surface area contributed by atoms with E-state index in [9.17, 15) is 4.79 Å². The van der Waals surface area contributed by atoms with Gasteiger partial charge >= 0.3 is 0 Å². The van der Waals surface area contributed by atoms with Crippen molar-refractivity contribution in [3.8, 4) is 6.07 Å². The molecule has 0 aliphatic carbocycles. The number of carbonyl (C=O) groups excluding carboxylic acids is 1. The van der Waals surface area contributed by atoms with Crippen LogP contribution in [0.4, 0.5) is 11.4 Å². The zero-order valence-corrected chi connectivity index (χ0v) is 11.8. The molecule has 1 fully saturated rings. The third-order valence-electron chi connectivity index (χ3n) is 3.09. The van der Waals surface area contributed by atoms with Gasteiger partial charge < -0.3 is 10.2 Å². The molecule has 1 unspecified atom stereocenters. The Morgan fingerprint density at radius 3 is 2.95 bits per heavy atom. The van der Waals surface area contributed by atoms with Gasteiger partial charge in [-0.05, 0) is 24.6 Å². The van der Waals surface area contributed by atoms with Gasteiger partial charge in [0.2, 0.25) is 5.91 Å². The van der Waals surface area contributed by atoms with E-state index in [0.717, 1.165) is 24.3 Å². The molecule has 4 nitrogen and oxygen atoms in total. The van der Waals surface area contributed by atoms with Gasteiger partial charge in [-0.3, -0.25) is 4.79 Å². The summed E-state index contributed by atoms with van der Waals surface area (Å²) in [5.74, 6) is 0.0645. The molecule has 0 saturated carbocycles. The summed E-state index contributed by atoms with van der Waals surface area (Å²) in [6, 6.07) is 7.51. The molecule has 1 amide bonds. The summed E-state index contributed by atoms with van der Waals surface area (Å²) >= 11 is 4.37. The second-order valence-electron chi connectivity index (χ2n) is 4.63. The van der Waals surface area contributed by atoms with Crippen LogP contribution in [-0.2, 0) is 4.79 Å². The van der Waals surface area contributed by atoms with Crippen LogP contribution in [0.3, 0.4) is 0 Å². The van der Waals surface area contributed by atoms with Crippen LogP contribution in [0.2, 0.25) is 0 Å². The summed E-state index contributed by atoms with van der Waals surface area (Å²) in [6.07, 6.45) is 1.45. The molecule has 0 spiro atoms. The van der Waals surface area contributed by atoms with Gasteiger partial charge in [-0.1, -0.05) is 6.92 Å². The average Bonchev–Trinajstić information content (AvgIpc) is 2.75. The second-order valence-corrected chi connectivity index (χ2v) is 5.36. The number of carbonyl (C=O) groups is 1. The van der Waals surface area contributed by atoms with Crippen molar-refractivity contribution < 1.29 is 4.79 Å². The number of rotatable bonds is 4. The Hall–Kier alpha value is -1.67. The number of nitrogens with zero attached hydrogens (tertiary/aromatic N) is 2. The van der Waals surface area contributed by atoms with Crippen LogP contribution in [0.25, 0.3) is 0 Å². The van der Waals surface area contributed by atoms with Crippen LogP contribution in [-0.4, -0.2) is 24.2 Å². The molecule has 1 aliphatic heterocycles. The number of amides is 1. The molecule has 1 saturated heterocycles. The maximum Gasteiger partial charge on any atom is 0.228 e. The zero-order chi connectivity index (χ0) is 13.8. The topological polar surface area (TPSA) is 56.1 Å². The zero-order valence-electron chi connectivity index (χ0n) is 10.9. The second kappa shape index (κ2) is 5.98. The minimum atomic E-state index is 0.0645. The number of benzene rings is 1. The van der Waals surface area contributed by atoms with E-state index in [1.807, 2.05) is 6.07 Å². The fraction of sp³-hybridized carbons (Fsp3) is 0.429. The smallest absolute Gasteiger partial charge is 0.228 e. The molecule has 1 aliphatic rings. The largest absolute Gasteiger partial charge is 0.383 e. The third kappa shape index (κ3) is 3.02. The van der Waals surface area contributed by atoms with Crippen LogP contribution >= 0.6 is 12.6 Å². The summed E-state index contributed by atoms with van der Waals surface area (Å²) < 4.78 is 0. The van der Waals surface area contributed by atoms with E-state index in [1.54, 1.807) is 17.0 Å². The molecule has 2 rings (SSSR count). The predicted molar refractivity (Wildman–Crippen MR) is 79.7 cm³/mol. The lowest BCUT2D eigenvalue weighted by atomic mass is 10.1. The molecule has 100 valence electrons. The first-order chi connectivity index (χ1) is 9.15. The predicted octanol–water partition coefficient (Wildman–Crippen LogP) is 2.42. The van der Waals surface area contributed by atoms with Crippen molar-refractivity contribution in [1.29, 1.82) is 5.26 Å². The summed E-state index contributed by atoms with van der Waals surface area (Å²) in [7, 11) is 0. The molecular formula is C14H17N3OS. The number of hydrogen-bond donors (Lipinski definition) is 2. The lowest BCUT2D eigenvalue weighted by Crippen LogP contribution is -2.26. The van der Waals surface area contributed by atoms with Crippen LogP contribution < -0.4 is 10.2 Å². The Balaban J connectivity index is 2.35. The van der Waals surface area contributed by atoms with E-state index in [2.05, 4.69) is 30.9 Å². The number of nitrogens with one attached hydrogen (secondary N) is 1. The van der Waals surface area contributed by atoms with Crippen molar-refractivity contribution in [3.63, 3.8) is 0 Å². The molecule has 5 heteroatoms. The lowest BCUT2D eigenvalue weighted by Gasteiger charge is -2.21. The Kier molecular flexibility index (Phi) is 4.33. The van der Waals surface area contributed by atoms with Crippen molar-refractivity contribution in [2.24, 2.45) is 0 Å². The molecule has 1 atom stereocenters. The van der Waals surface area contributed by atoms with Crippen LogP contribution in [0.15, 0.2) is 18.2 Å². The quantitative estimate of drug-likeness (QED) is 0.830. The summed E-state index contributed by atoms with van der Waals surface area (Å²) in [5.41, 5.74) is 2.25. The Bertz CT molecular complexity index is 524. The summed E-state index contributed by atoms with van der Waals surface area (Å²) in [4.78, 5) is 13.7. The molecular weight excluding hydrogens is 258 g/mol. The van der Waals surface area contributed by atoms with Crippen molar-refractivity contribution in [2.75, 3.05) is 23.3 Å². The minimum absolute atomic E-state index is 0.0645. The van der Waals surface area contributed by atoms with Gasteiger partial charge in [0.25, 0.3) is 0 Å². The Labute approximate surface area is 118 Å². The molecule has 0 bridgehead atoms. The van der Waals surface area contributed by atoms with Crippen molar-refractivity contribution in [2.45, 2.75) is 25.0 Å². The van der Waals surface area contributed by atoms with Gasteiger partial charge in [-0.2, -0.15) is 17.9 Å².